The Morgan fingerprint density at radius 3 is 2.52 bits per heavy atom. The number of nitrogens with zero attached hydrogens (tertiary/aromatic N) is 2. The quantitative estimate of drug-likeness (QED) is 0.362. The molecule has 0 unspecified atom stereocenters. The molecule has 0 aliphatic heterocycles. The molecule has 7 heteroatoms. The molecule has 0 atom stereocenters. The lowest BCUT2D eigenvalue weighted by molar-refractivity contribution is 0.313. The van der Waals surface area contributed by atoms with Crippen molar-refractivity contribution in [2.24, 2.45) is 10.9 Å². The second kappa shape index (κ2) is 6.91. The molecule has 0 heterocycles. The van der Waals surface area contributed by atoms with Gasteiger partial charge < -0.3 is 10.9 Å². The van der Waals surface area contributed by atoms with E-state index in [2.05, 4.69) is 5.16 Å². The first-order valence-electron chi connectivity index (χ1n) is 6.75. The van der Waals surface area contributed by atoms with E-state index in [4.69, 9.17) is 10.9 Å². The molecule has 118 valence electrons. The molecule has 1 aromatic carbocycles. The van der Waals surface area contributed by atoms with Gasteiger partial charge in [0.1, 0.15) is 5.84 Å². The summed E-state index contributed by atoms with van der Waals surface area (Å²) in [5.41, 5.74) is 7.03. The predicted molar refractivity (Wildman–Crippen MR) is 83.0 cm³/mol. The molecule has 1 rings (SSSR count). The van der Waals surface area contributed by atoms with Crippen LogP contribution in [0.4, 0.5) is 0 Å². The minimum atomic E-state index is -3.62. The van der Waals surface area contributed by atoms with E-state index in [-0.39, 0.29) is 24.8 Å². The number of rotatable bonds is 6. The average Bonchev–Trinajstić information content (AvgIpc) is 2.40. The van der Waals surface area contributed by atoms with Crippen LogP contribution >= 0.6 is 0 Å². The van der Waals surface area contributed by atoms with Crippen LogP contribution < -0.4 is 5.73 Å². The molecule has 3 N–H and O–H groups in total. The predicted octanol–water partition coefficient (Wildman–Crippen LogP) is 1.84. The van der Waals surface area contributed by atoms with Crippen molar-refractivity contribution in [1.29, 1.82) is 0 Å². The highest BCUT2D eigenvalue weighted by molar-refractivity contribution is 7.89. The molecular weight excluding hydrogens is 290 g/mol. The normalized spacial score (nSPS) is 13.1. The van der Waals surface area contributed by atoms with Crippen molar-refractivity contribution in [3.63, 3.8) is 0 Å². The van der Waals surface area contributed by atoms with Crippen molar-refractivity contribution in [2.75, 3.05) is 6.54 Å². The van der Waals surface area contributed by atoms with Crippen molar-refractivity contribution < 1.29 is 13.6 Å². The van der Waals surface area contributed by atoms with E-state index < -0.39 is 10.0 Å². The number of amidine groups is 1. The monoisotopic (exact) mass is 313 g/mol. The highest BCUT2D eigenvalue weighted by Gasteiger charge is 2.28. The molecule has 0 bridgehead atoms. The fourth-order valence-electron chi connectivity index (χ4n) is 2.04. The maximum Gasteiger partial charge on any atom is 0.243 e. The first-order valence-corrected chi connectivity index (χ1v) is 8.19. The summed E-state index contributed by atoms with van der Waals surface area (Å²) in [5.74, 6) is 0.0109. The van der Waals surface area contributed by atoms with Crippen molar-refractivity contribution >= 4 is 15.9 Å². The fraction of sp³-hybridized carbons (Fsp3) is 0.500. The SMILES string of the molecule is Cc1ccc(C)c(S(=O)(=O)N(CCC(N)=NO)C(C)C)c1. The fourth-order valence-corrected chi connectivity index (χ4v) is 3.99. The third-order valence-electron chi connectivity index (χ3n) is 3.22. The van der Waals surface area contributed by atoms with E-state index in [0.29, 0.717) is 10.5 Å². The van der Waals surface area contributed by atoms with Gasteiger partial charge in [0.15, 0.2) is 0 Å². The molecule has 0 aromatic heterocycles. The Balaban J connectivity index is 3.19. The Bertz CT molecular complexity index is 624. The Labute approximate surface area is 126 Å². The molecular formula is C14H23N3O3S. The summed E-state index contributed by atoms with van der Waals surface area (Å²) >= 11 is 0. The van der Waals surface area contributed by atoms with Gasteiger partial charge in [-0.15, -0.1) is 0 Å². The summed E-state index contributed by atoms with van der Waals surface area (Å²) in [4.78, 5) is 0.302. The van der Waals surface area contributed by atoms with Crippen molar-refractivity contribution in [2.45, 2.75) is 45.1 Å². The van der Waals surface area contributed by atoms with Crippen LogP contribution in [0.1, 0.15) is 31.4 Å². The van der Waals surface area contributed by atoms with Crippen LogP contribution in [0, 0.1) is 13.8 Å². The maximum absolute atomic E-state index is 12.8. The van der Waals surface area contributed by atoms with Crippen LogP contribution in [0.25, 0.3) is 0 Å². The molecule has 0 amide bonds. The second-order valence-electron chi connectivity index (χ2n) is 5.32. The molecule has 0 spiro atoms. The van der Waals surface area contributed by atoms with Crippen LogP contribution in [0.15, 0.2) is 28.3 Å². The van der Waals surface area contributed by atoms with Gasteiger partial charge in [-0.3, -0.25) is 0 Å². The van der Waals surface area contributed by atoms with Gasteiger partial charge in [-0.05, 0) is 44.9 Å². The minimum absolute atomic E-state index is 0.0109. The van der Waals surface area contributed by atoms with E-state index in [1.807, 2.05) is 13.0 Å². The maximum atomic E-state index is 12.8. The van der Waals surface area contributed by atoms with Crippen LogP contribution in [-0.4, -0.2) is 36.4 Å². The number of oxime groups is 1. The Morgan fingerprint density at radius 1 is 1.38 bits per heavy atom. The van der Waals surface area contributed by atoms with Gasteiger partial charge in [-0.2, -0.15) is 4.31 Å². The minimum Gasteiger partial charge on any atom is -0.409 e. The van der Waals surface area contributed by atoms with E-state index in [1.165, 1.54) is 4.31 Å². The molecule has 0 aliphatic rings. The molecule has 1 aromatic rings. The smallest absolute Gasteiger partial charge is 0.243 e. The lowest BCUT2D eigenvalue weighted by Crippen LogP contribution is -2.39. The molecule has 6 nitrogen and oxygen atoms in total. The topological polar surface area (TPSA) is 96.0 Å². The third-order valence-corrected chi connectivity index (χ3v) is 5.44. The summed E-state index contributed by atoms with van der Waals surface area (Å²) in [7, 11) is -3.62. The van der Waals surface area contributed by atoms with Gasteiger partial charge in [-0.25, -0.2) is 8.42 Å². The number of benzene rings is 1. The summed E-state index contributed by atoms with van der Waals surface area (Å²) in [6, 6.07) is 5.12. The third kappa shape index (κ3) is 4.18. The van der Waals surface area contributed by atoms with Crippen LogP contribution in [-0.2, 0) is 10.0 Å². The van der Waals surface area contributed by atoms with Crippen molar-refractivity contribution in [1.82, 2.24) is 4.31 Å². The highest BCUT2D eigenvalue weighted by atomic mass is 32.2. The summed E-state index contributed by atoms with van der Waals surface area (Å²) in [6.45, 7) is 7.40. The van der Waals surface area contributed by atoms with E-state index in [0.717, 1.165) is 5.56 Å². The van der Waals surface area contributed by atoms with Crippen LogP contribution in [0.2, 0.25) is 0 Å². The number of aryl methyl sites for hydroxylation is 2. The van der Waals surface area contributed by atoms with Gasteiger partial charge in [-0.1, -0.05) is 17.3 Å². The zero-order valence-electron chi connectivity index (χ0n) is 12.9. The van der Waals surface area contributed by atoms with Crippen LogP contribution in [0.5, 0.6) is 0 Å². The second-order valence-corrected chi connectivity index (χ2v) is 7.18. The van der Waals surface area contributed by atoms with Crippen LogP contribution in [0.3, 0.4) is 0 Å². The molecule has 0 fully saturated rings. The van der Waals surface area contributed by atoms with E-state index in [9.17, 15) is 8.42 Å². The Kier molecular flexibility index (Phi) is 5.74. The standard InChI is InChI=1S/C14H23N3O3S/c1-10(2)17(8-7-14(15)16-18)21(19,20)13-9-11(3)5-6-12(13)4/h5-6,9-10,18H,7-8H2,1-4H3,(H2,15,16). The molecule has 0 radical (unpaired) electrons. The number of nitrogens with two attached hydrogens (primary N) is 1. The van der Waals surface area contributed by atoms with E-state index >= 15 is 0 Å². The van der Waals surface area contributed by atoms with E-state index in [1.54, 1.807) is 32.9 Å². The molecule has 0 aliphatic carbocycles. The van der Waals surface area contributed by atoms with Gasteiger partial charge in [0.05, 0.1) is 4.90 Å². The first kappa shape index (κ1) is 17.5. The lowest BCUT2D eigenvalue weighted by Gasteiger charge is -2.26. The largest absolute Gasteiger partial charge is 0.409 e. The zero-order valence-corrected chi connectivity index (χ0v) is 13.7. The summed E-state index contributed by atoms with van der Waals surface area (Å²) < 4.78 is 27.0. The van der Waals surface area contributed by atoms with Gasteiger partial charge in [0.25, 0.3) is 0 Å². The highest BCUT2D eigenvalue weighted by Crippen LogP contribution is 2.23. The Hall–Kier alpha value is -1.60. The van der Waals surface area contributed by atoms with Gasteiger partial charge in [0, 0.05) is 19.0 Å². The zero-order chi connectivity index (χ0) is 16.2. The lowest BCUT2D eigenvalue weighted by atomic mass is 10.2. The molecule has 0 saturated heterocycles. The van der Waals surface area contributed by atoms with Gasteiger partial charge in [0.2, 0.25) is 10.0 Å². The number of hydrogen-bond donors (Lipinski definition) is 2. The van der Waals surface area contributed by atoms with Crippen molar-refractivity contribution in [3.05, 3.63) is 29.3 Å². The van der Waals surface area contributed by atoms with Gasteiger partial charge >= 0.3 is 0 Å². The number of hydrogen-bond acceptors (Lipinski definition) is 4. The molecule has 0 saturated carbocycles. The average molecular weight is 313 g/mol. The first-order chi connectivity index (χ1) is 9.70. The number of sulfonamides is 1. The molecule has 21 heavy (non-hydrogen) atoms. The summed E-state index contributed by atoms with van der Waals surface area (Å²) in [6.07, 6.45) is 0.179. The van der Waals surface area contributed by atoms with Crippen molar-refractivity contribution in [3.8, 4) is 0 Å². The summed E-state index contributed by atoms with van der Waals surface area (Å²) in [5, 5.41) is 11.5. The Morgan fingerprint density at radius 2 is 2.00 bits per heavy atom.